The van der Waals surface area contributed by atoms with Crippen molar-refractivity contribution in [3.8, 4) is 0 Å². The topological polar surface area (TPSA) is 92.4 Å². The van der Waals surface area contributed by atoms with Crippen molar-refractivity contribution in [2.45, 2.75) is 39.7 Å². The highest BCUT2D eigenvalue weighted by atomic mass is 16.5. The predicted molar refractivity (Wildman–Crippen MR) is 75.0 cm³/mol. The van der Waals surface area contributed by atoms with E-state index in [9.17, 15) is 14.4 Å². The number of hydrogen-bond acceptors (Lipinski definition) is 5. The van der Waals surface area contributed by atoms with Gasteiger partial charge in [0.1, 0.15) is 11.6 Å². The Hall–Kier alpha value is -2.18. The molecule has 1 aromatic heterocycles. The van der Waals surface area contributed by atoms with Gasteiger partial charge in [0, 0.05) is 6.54 Å². The first-order valence-corrected chi connectivity index (χ1v) is 7.00. The summed E-state index contributed by atoms with van der Waals surface area (Å²) < 4.78 is 5.00. The molecule has 0 aliphatic carbocycles. The number of aromatic amines is 1. The second-order valence-electron chi connectivity index (χ2n) is 5.05. The van der Waals surface area contributed by atoms with Crippen molar-refractivity contribution in [2.75, 3.05) is 13.2 Å². The van der Waals surface area contributed by atoms with E-state index in [1.165, 1.54) is 4.90 Å². The van der Waals surface area contributed by atoms with Crippen LogP contribution in [0.1, 0.15) is 41.4 Å². The zero-order chi connectivity index (χ0) is 15.6. The number of H-pyrrole nitrogens is 1. The Morgan fingerprint density at radius 1 is 1.43 bits per heavy atom. The molecule has 7 nitrogen and oxygen atoms in total. The van der Waals surface area contributed by atoms with Gasteiger partial charge < -0.3 is 9.64 Å². The van der Waals surface area contributed by atoms with Gasteiger partial charge >= 0.3 is 5.97 Å². The first-order valence-electron chi connectivity index (χ1n) is 7.00. The molecule has 1 aromatic rings. The number of rotatable bonds is 3. The molecule has 0 aromatic carbocycles. The second-order valence-corrected chi connectivity index (χ2v) is 5.05. The van der Waals surface area contributed by atoms with Gasteiger partial charge in [-0.15, -0.1) is 0 Å². The van der Waals surface area contributed by atoms with E-state index in [-0.39, 0.29) is 12.2 Å². The fraction of sp³-hybridized carbons (Fsp3) is 0.571. The Labute approximate surface area is 122 Å². The fourth-order valence-electron chi connectivity index (χ4n) is 2.52. The van der Waals surface area contributed by atoms with Gasteiger partial charge in [-0.3, -0.25) is 9.59 Å². The standard InChI is InChI=1S/C14H19N3O4/c1-4-21-14(20)10-6-5-7-17(10)13(19)11-8(2)9(3)15-16-12(11)18/h10H,4-7H2,1-3H3,(H,16,18). The number of carbonyl (C=O) groups is 2. The van der Waals surface area contributed by atoms with Crippen LogP contribution in [0.5, 0.6) is 0 Å². The summed E-state index contributed by atoms with van der Waals surface area (Å²) in [6.07, 6.45) is 1.28. The van der Waals surface area contributed by atoms with Crippen LogP contribution >= 0.6 is 0 Å². The number of ether oxygens (including phenoxy) is 1. The molecule has 1 amide bonds. The minimum Gasteiger partial charge on any atom is -0.464 e. The molecule has 0 saturated carbocycles. The highest BCUT2D eigenvalue weighted by Crippen LogP contribution is 2.21. The normalized spacial score (nSPS) is 17.9. The Morgan fingerprint density at radius 3 is 2.81 bits per heavy atom. The van der Waals surface area contributed by atoms with Crippen LogP contribution in [0.3, 0.4) is 0 Å². The summed E-state index contributed by atoms with van der Waals surface area (Å²) in [4.78, 5) is 37.9. The molecule has 1 atom stereocenters. The number of amides is 1. The third kappa shape index (κ3) is 2.81. The van der Waals surface area contributed by atoms with Gasteiger partial charge in [0.15, 0.2) is 0 Å². The monoisotopic (exact) mass is 293 g/mol. The van der Waals surface area contributed by atoms with Gasteiger partial charge in [-0.25, -0.2) is 9.89 Å². The third-order valence-electron chi connectivity index (χ3n) is 3.76. The van der Waals surface area contributed by atoms with Crippen molar-refractivity contribution in [3.63, 3.8) is 0 Å². The quantitative estimate of drug-likeness (QED) is 0.822. The van der Waals surface area contributed by atoms with Crippen LogP contribution in [0.15, 0.2) is 4.79 Å². The lowest BCUT2D eigenvalue weighted by atomic mass is 10.1. The van der Waals surface area contributed by atoms with Crippen LogP contribution < -0.4 is 5.56 Å². The molecule has 21 heavy (non-hydrogen) atoms. The van der Waals surface area contributed by atoms with E-state index in [0.717, 1.165) is 6.42 Å². The maximum atomic E-state index is 12.6. The summed E-state index contributed by atoms with van der Waals surface area (Å²) in [6, 6.07) is -0.607. The number of carbonyl (C=O) groups excluding carboxylic acids is 2. The maximum Gasteiger partial charge on any atom is 0.328 e. The minimum absolute atomic E-state index is 0.0544. The first kappa shape index (κ1) is 15.2. The van der Waals surface area contributed by atoms with E-state index in [0.29, 0.717) is 24.2 Å². The summed E-state index contributed by atoms with van der Waals surface area (Å²) >= 11 is 0. The Kier molecular flexibility index (Phi) is 4.40. The molecule has 114 valence electrons. The van der Waals surface area contributed by atoms with Crippen LogP contribution in [0.25, 0.3) is 0 Å². The number of nitrogens with zero attached hydrogens (tertiary/aromatic N) is 2. The van der Waals surface area contributed by atoms with Crippen molar-refractivity contribution in [1.82, 2.24) is 15.1 Å². The average Bonchev–Trinajstić information content (AvgIpc) is 2.93. The molecule has 1 aliphatic heterocycles. The van der Waals surface area contributed by atoms with E-state index in [1.54, 1.807) is 20.8 Å². The molecule has 1 saturated heterocycles. The van der Waals surface area contributed by atoms with Crippen molar-refractivity contribution in [2.24, 2.45) is 0 Å². The molecule has 1 fully saturated rings. The molecule has 0 spiro atoms. The lowest BCUT2D eigenvalue weighted by Gasteiger charge is -2.23. The van der Waals surface area contributed by atoms with Crippen molar-refractivity contribution in [3.05, 3.63) is 27.2 Å². The summed E-state index contributed by atoms with van der Waals surface area (Å²) in [5, 5.41) is 6.14. The van der Waals surface area contributed by atoms with E-state index in [1.807, 2.05) is 0 Å². The second kappa shape index (κ2) is 6.07. The number of esters is 1. The van der Waals surface area contributed by atoms with Crippen LogP contribution in [-0.4, -0.2) is 46.2 Å². The van der Waals surface area contributed by atoms with E-state index in [4.69, 9.17) is 4.74 Å². The number of likely N-dealkylation sites (tertiary alicyclic amines) is 1. The maximum absolute atomic E-state index is 12.6. The van der Waals surface area contributed by atoms with E-state index >= 15 is 0 Å². The lowest BCUT2D eigenvalue weighted by Crippen LogP contribution is -2.43. The van der Waals surface area contributed by atoms with Crippen molar-refractivity contribution in [1.29, 1.82) is 0 Å². The number of hydrogen-bond donors (Lipinski definition) is 1. The van der Waals surface area contributed by atoms with Gasteiger partial charge in [-0.05, 0) is 39.2 Å². The van der Waals surface area contributed by atoms with Crippen LogP contribution in [0.2, 0.25) is 0 Å². The minimum atomic E-state index is -0.607. The largest absolute Gasteiger partial charge is 0.464 e. The van der Waals surface area contributed by atoms with E-state index < -0.39 is 23.5 Å². The number of aromatic nitrogens is 2. The van der Waals surface area contributed by atoms with E-state index in [2.05, 4.69) is 10.2 Å². The molecule has 0 bridgehead atoms. The molecule has 2 rings (SSSR count). The summed E-state index contributed by atoms with van der Waals surface area (Å²) in [6.45, 7) is 5.84. The lowest BCUT2D eigenvalue weighted by molar-refractivity contribution is -0.147. The van der Waals surface area contributed by atoms with Crippen LogP contribution in [0, 0.1) is 13.8 Å². The van der Waals surface area contributed by atoms with Crippen LogP contribution in [0.4, 0.5) is 0 Å². The third-order valence-corrected chi connectivity index (χ3v) is 3.76. The molecule has 1 aliphatic rings. The summed E-state index contributed by atoms with van der Waals surface area (Å²) in [5.41, 5.74) is 0.652. The molecule has 0 radical (unpaired) electrons. The highest BCUT2D eigenvalue weighted by Gasteiger charge is 2.37. The molecule has 2 heterocycles. The average molecular weight is 293 g/mol. The van der Waals surface area contributed by atoms with Gasteiger partial charge in [0.2, 0.25) is 0 Å². The van der Waals surface area contributed by atoms with Crippen LogP contribution in [-0.2, 0) is 9.53 Å². The zero-order valence-electron chi connectivity index (χ0n) is 12.4. The van der Waals surface area contributed by atoms with Gasteiger partial charge in [0.05, 0.1) is 12.3 Å². The Balaban J connectivity index is 2.34. The van der Waals surface area contributed by atoms with Crippen molar-refractivity contribution < 1.29 is 14.3 Å². The smallest absolute Gasteiger partial charge is 0.328 e. The van der Waals surface area contributed by atoms with Gasteiger partial charge in [-0.2, -0.15) is 5.10 Å². The number of aryl methyl sites for hydroxylation is 1. The number of nitrogens with one attached hydrogen (secondary N) is 1. The molecule has 7 heteroatoms. The molecular formula is C14H19N3O4. The Bertz CT molecular complexity index is 623. The highest BCUT2D eigenvalue weighted by molar-refractivity contribution is 5.98. The first-order chi connectivity index (χ1) is 9.97. The Morgan fingerprint density at radius 2 is 2.14 bits per heavy atom. The molecule has 1 unspecified atom stereocenters. The SMILES string of the molecule is CCOC(=O)C1CCCN1C(=O)c1c(C)c(C)n[nH]c1=O. The van der Waals surface area contributed by atoms with Crippen molar-refractivity contribution >= 4 is 11.9 Å². The molecule has 1 N–H and O–H groups in total. The summed E-state index contributed by atoms with van der Waals surface area (Å²) in [7, 11) is 0. The van der Waals surface area contributed by atoms with Gasteiger partial charge in [0.25, 0.3) is 11.5 Å². The molecular weight excluding hydrogens is 274 g/mol. The zero-order valence-corrected chi connectivity index (χ0v) is 12.4. The predicted octanol–water partition coefficient (Wildman–Crippen LogP) is 0.554. The summed E-state index contributed by atoms with van der Waals surface area (Å²) in [5.74, 6) is -0.849. The van der Waals surface area contributed by atoms with Gasteiger partial charge in [-0.1, -0.05) is 0 Å². The fourth-order valence-corrected chi connectivity index (χ4v) is 2.52.